The summed E-state index contributed by atoms with van der Waals surface area (Å²) in [5.41, 5.74) is 6.29. The number of thiophene rings is 1. The van der Waals surface area contributed by atoms with E-state index in [0.717, 1.165) is 15.4 Å². The number of nitrogens with one attached hydrogen (secondary N) is 2. The van der Waals surface area contributed by atoms with Gasteiger partial charge in [-0.1, -0.05) is 0 Å². The third-order valence-electron chi connectivity index (χ3n) is 2.11. The lowest BCUT2D eigenvalue weighted by atomic mass is 10.4. The lowest BCUT2D eigenvalue weighted by molar-refractivity contribution is 0.593. The quantitative estimate of drug-likeness (QED) is 0.773. The Morgan fingerprint density at radius 3 is 2.83 bits per heavy atom. The maximum Gasteiger partial charge on any atom is 0.300 e. The van der Waals surface area contributed by atoms with Crippen LogP contribution in [0.1, 0.15) is 4.88 Å². The number of hydrogen-bond donors (Lipinski definition) is 3. The Bertz CT molecular complexity index is 632. The fourth-order valence-corrected chi connectivity index (χ4v) is 3.60. The molecule has 98 valence electrons. The van der Waals surface area contributed by atoms with Crippen LogP contribution < -0.4 is 15.2 Å². The van der Waals surface area contributed by atoms with Crippen LogP contribution in [0.4, 0.5) is 5.13 Å². The SMILES string of the molecule is CNS(=O)(=O)Nc1nc(-c2ccc(CN)s2)cs1. The van der Waals surface area contributed by atoms with Crippen LogP contribution in [0.15, 0.2) is 17.5 Å². The van der Waals surface area contributed by atoms with E-state index >= 15 is 0 Å². The van der Waals surface area contributed by atoms with Crippen molar-refractivity contribution in [2.24, 2.45) is 5.73 Å². The Labute approximate surface area is 113 Å². The second kappa shape index (κ2) is 5.33. The lowest BCUT2D eigenvalue weighted by Gasteiger charge is -2.01. The minimum absolute atomic E-state index is 0.335. The van der Waals surface area contributed by atoms with Gasteiger partial charge in [0, 0.05) is 23.8 Å². The zero-order valence-electron chi connectivity index (χ0n) is 9.50. The molecule has 0 spiro atoms. The summed E-state index contributed by atoms with van der Waals surface area (Å²) >= 11 is 2.79. The molecule has 2 rings (SSSR count). The van der Waals surface area contributed by atoms with Gasteiger partial charge in [-0.2, -0.15) is 8.42 Å². The predicted octanol–water partition coefficient (Wildman–Crippen LogP) is 1.21. The van der Waals surface area contributed by atoms with E-state index in [-0.39, 0.29) is 0 Å². The molecule has 0 saturated heterocycles. The summed E-state index contributed by atoms with van der Waals surface area (Å²) in [4.78, 5) is 6.26. The van der Waals surface area contributed by atoms with Crippen LogP contribution in [0.3, 0.4) is 0 Å². The summed E-state index contributed by atoms with van der Waals surface area (Å²) in [6.07, 6.45) is 0. The molecule has 2 heterocycles. The maximum atomic E-state index is 11.3. The highest BCUT2D eigenvalue weighted by atomic mass is 32.2. The maximum absolute atomic E-state index is 11.3. The molecule has 0 radical (unpaired) electrons. The van der Waals surface area contributed by atoms with Crippen molar-refractivity contribution in [1.29, 1.82) is 0 Å². The van der Waals surface area contributed by atoms with Crippen molar-refractivity contribution in [3.8, 4) is 10.6 Å². The van der Waals surface area contributed by atoms with Crippen LogP contribution >= 0.6 is 22.7 Å². The zero-order valence-corrected chi connectivity index (χ0v) is 12.0. The number of aromatic nitrogens is 1. The second-order valence-electron chi connectivity index (χ2n) is 3.32. The Balaban J connectivity index is 2.20. The average molecular weight is 304 g/mol. The van der Waals surface area contributed by atoms with Crippen molar-refractivity contribution in [1.82, 2.24) is 9.71 Å². The average Bonchev–Trinajstić information content (AvgIpc) is 2.96. The molecule has 2 aromatic rings. The van der Waals surface area contributed by atoms with E-state index in [4.69, 9.17) is 5.73 Å². The Morgan fingerprint density at radius 1 is 1.44 bits per heavy atom. The number of nitrogens with zero attached hydrogens (tertiary/aromatic N) is 1. The van der Waals surface area contributed by atoms with Crippen LogP contribution in [-0.2, 0) is 16.8 Å². The van der Waals surface area contributed by atoms with Gasteiger partial charge in [0.2, 0.25) is 0 Å². The number of anilines is 1. The molecule has 0 fully saturated rings. The van der Waals surface area contributed by atoms with Crippen molar-refractivity contribution < 1.29 is 8.42 Å². The summed E-state index contributed by atoms with van der Waals surface area (Å²) in [5.74, 6) is 0. The van der Waals surface area contributed by atoms with Crippen molar-refractivity contribution in [3.05, 3.63) is 22.4 Å². The van der Waals surface area contributed by atoms with Gasteiger partial charge in [0.1, 0.15) is 0 Å². The minimum Gasteiger partial charge on any atom is -0.326 e. The summed E-state index contributed by atoms with van der Waals surface area (Å²) in [6, 6.07) is 3.87. The van der Waals surface area contributed by atoms with Crippen molar-refractivity contribution in [3.63, 3.8) is 0 Å². The van der Waals surface area contributed by atoms with Crippen LogP contribution in [0.2, 0.25) is 0 Å². The first kappa shape index (κ1) is 13.4. The minimum atomic E-state index is -3.51. The van der Waals surface area contributed by atoms with Crippen molar-refractivity contribution >= 4 is 38.0 Å². The van der Waals surface area contributed by atoms with Gasteiger partial charge >= 0.3 is 10.2 Å². The molecule has 0 saturated carbocycles. The summed E-state index contributed by atoms with van der Waals surface area (Å²) in [5, 5.41) is 2.14. The molecule has 4 N–H and O–H groups in total. The highest BCUT2D eigenvalue weighted by Crippen LogP contribution is 2.30. The molecule has 6 nitrogen and oxygen atoms in total. The van der Waals surface area contributed by atoms with Crippen molar-refractivity contribution in [2.45, 2.75) is 6.54 Å². The second-order valence-corrected chi connectivity index (χ2v) is 6.96. The highest BCUT2D eigenvalue weighted by molar-refractivity contribution is 7.91. The molecule has 0 aliphatic rings. The first-order chi connectivity index (χ1) is 8.54. The van der Waals surface area contributed by atoms with Gasteiger partial charge < -0.3 is 5.73 Å². The standard InChI is InChI=1S/C9H12N4O2S3/c1-11-18(14,15)13-9-12-7(5-16-9)8-3-2-6(4-10)17-8/h2-3,5,11H,4,10H2,1H3,(H,12,13). The first-order valence-electron chi connectivity index (χ1n) is 5.00. The van der Waals surface area contributed by atoms with Gasteiger partial charge in [0.15, 0.2) is 5.13 Å². The number of nitrogens with two attached hydrogens (primary N) is 1. The fraction of sp³-hybridized carbons (Fsp3) is 0.222. The summed E-state index contributed by atoms with van der Waals surface area (Å²) in [7, 11) is -2.17. The number of thiazole rings is 1. The molecule has 0 atom stereocenters. The molecular weight excluding hydrogens is 292 g/mol. The number of hydrogen-bond acceptors (Lipinski definition) is 6. The Morgan fingerprint density at radius 2 is 2.22 bits per heavy atom. The fourth-order valence-electron chi connectivity index (χ4n) is 1.23. The van der Waals surface area contributed by atoms with E-state index in [1.54, 1.807) is 16.7 Å². The van der Waals surface area contributed by atoms with Crippen LogP contribution in [-0.4, -0.2) is 20.4 Å². The van der Waals surface area contributed by atoms with Gasteiger partial charge in [-0.05, 0) is 12.1 Å². The van der Waals surface area contributed by atoms with Gasteiger partial charge in [0.05, 0.1) is 10.6 Å². The predicted molar refractivity (Wildman–Crippen MR) is 74.9 cm³/mol. The Hall–Kier alpha value is -1.00. The number of rotatable bonds is 5. The molecule has 18 heavy (non-hydrogen) atoms. The smallest absolute Gasteiger partial charge is 0.300 e. The van der Waals surface area contributed by atoms with E-state index in [2.05, 4.69) is 14.4 Å². The third kappa shape index (κ3) is 3.06. The van der Waals surface area contributed by atoms with E-state index in [9.17, 15) is 8.42 Å². The molecule has 0 unspecified atom stereocenters. The van der Waals surface area contributed by atoms with Gasteiger partial charge in [-0.15, -0.1) is 22.7 Å². The molecule has 0 aliphatic heterocycles. The Kier molecular flexibility index (Phi) is 3.97. The van der Waals surface area contributed by atoms with E-state index in [1.165, 1.54) is 18.4 Å². The molecule has 0 amide bonds. The molecule has 0 aliphatic carbocycles. The largest absolute Gasteiger partial charge is 0.326 e. The van der Waals surface area contributed by atoms with Crippen molar-refractivity contribution in [2.75, 3.05) is 11.8 Å². The first-order valence-corrected chi connectivity index (χ1v) is 8.18. The van der Waals surface area contributed by atoms with E-state index in [0.29, 0.717) is 11.7 Å². The van der Waals surface area contributed by atoms with Gasteiger partial charge in [-0.25, -0.2) is 14.4 Å². The lowest BCUT2D eigenvalue weighted by Crippen LogP contribution is -2.26. The van der Waals surface area contributed by atoms with E-state index < -0.39 is 10.2 Å². The summed E-state index contributed by atoms with van der Waals surface area (Å²) < 4.78 is 27.1. The van der Waals surface area contributed by atoms with Crippen LogP contribution in [0.5, 0.6) is 0 Å². The van der Waals surface area contributed by atoms with Crippen LogP contribution in [0.25, 0.3) is 10.6 Å². The normalized spacial score (nSPS) is 11.7. The topological polar surface area (TPSA) is 97.1 Å². The molecule has 0 aromatic carbocycles. The molecule has 0 bridgehead atoms. The molecule has 9 heteroatoms. The molecular formula is C9H12N4O2S3. The third-order valence-corrected chi connectivity index (χ3v) is 5.13. The van der Waals surface area contributed by atoms with Gasteiger partial charge in [-0.3, -0.25) is 0 Å². The molecule has 2 aromatic heterocycles. The highest BCUT2D eigenvalue weighted by Gasteiger charge is 2.11. The van der Waals surface area contributed by atoms with Gasteiger partial charge in [0.25, 0.3) is 0 Å². The monoisotopic (exact) mass is 304 g/mol. The van der Waals surface area contributed by atoms with Crippen LogP contribution in [0, 0.1) is 0 Å². The van der Waals surface area contributed by atoms with E-state index in [1.807, 2.05) is 12.1 Å². The summed E-state index contributed by atoms with van der Waals surface area (Å²) in [6.45, 7) is 0.494. The zero-order chi connectivity index (χ0) is 13.2.